The molecule has 0 aliphatic rings. The number of aromatic amines is 1. The molecule has 0 aliphatic carbocycles. The summed E-state index contributed by atoms with van der Waals surface area (Å²) in [6.45, 7) is 6.72. The van der Waals surface area contributed by atoms with Gasteiger partial charge in [0.15, 0.2) is 0 Å². The van der Waals surface area contributed by atoms with Crippen molar-refractivity contribution in [2.75, 3.05) is 13.1 Å². The molecule has 4 nitrogen and oxygen atoms in total. The molecule has 0 saturated heterocycles. The van der Waals surface area contributed by atoms with Crippen molar-refractivity contribution in [2.24, 2.45) is 5.92 Å². The number of H-pyrrole nitrogens is 1. The number of rotatable bonds is 8. The van der Waals surface area contributed by atoms with Crippen molar-refractivity contribution >= 4 is 0 Å². The quantitative estimate of drug-likeness (QED) is 0.643. The van der Waals surface area contributed by atoms with E-state index in [1.807, 2.05) is 0 Å². The molecule has 1 aromatic heterocycles. The van der Waals surface area contributed by atoms with Gasteiger partial charge in [-0.1, -0.05) is 26.7 Å². The first kappa shape index (κ1) is 12.2. The fourth-order valence-corrected chi connectivity index (χ4v) is 1.62. The first-order chi connectivity index (χ1) is 7.36. The van der Waals surface area contributed by atoms with E-state index in [2.05, 4.69) is 34.3 Å². The molecule has 1 heterocycles. The first-order valence-electron chi connectivity index (χ1n) is 5.91. The lowest BCUT2D eigenvalue weighted by molar-refractivity contribution is 0.447. The highest BCUT2D eigenvalue weighted by Crippen LogP contribution is 2.04. The summed E-state index contributed by atoms with van der Waals surface area (Å²) in [5, 5.41) is 10.2. The Morgan fingerprint density at radius 2 is 2.20 bits per heavy atom. The van der Waals surface area contributed by atoms with E-state index < -0.39 is 0 Å². The molecule has 86 valence electrons. The van der Waals surface area contributed by atoms with Crippen LogP contribution in [0.4, 0.5) is 0 Å². The van der Waals surface area contributed by atoms with Gasteiger partial charge in [0.05, 0.1) is 0 Å². The van der Waals surface area contributed by atoms with Gasteiger partial charge >= 0.3 is 0 Å². The fourth-order valence-electron chi connectivity index (χ4n) is 1.62. The highest BCUT2D eigenvalue weighted by molar-refractivity contribution is 4.79. The van der Waals surface area contributed by atoms with Gasteiger partial charge in [0.1, 0.15) is 12.2 Å². The molecule has 0 saturated carbocycles. The van der Waals surface area contributed by atoms with Gasteiger partial charge in [0.2, 0.25) is 0 Å². The van der Waals surface area contributed by atoms with Crippen LogP contribution in [0.2, 0.25) is 0 Å². The summed E-state index contributed by atoms with van der Waals surface area (Å²) in [5.74, 6) is 1.81. The van der Waals surface area contributed by atoms with Gasteiger partial charge < -0.3 is 5.32 Å². The molecule has 0 unspecified atom stereocenters. The second-order valence-electron chi connectivity index (χ2n) is 3.92. The lowest BCUT2D eigenvalue weighted by Gasteiger charge is -2.12. The van der Waals surface area contributed by atoms with Crippen molar-refractivity contribution in [1.29, 1.82) is 0 Å². The van der Waals surface area contributed by atoms with Crippen LogP contribution in [-0.2, 0) is 6.42 Å². The summed E-state index contributed by atoms with van der Waals surface area (Å²) in [4.78, 5) is 4.09. The standard InChI is InChI=1S/C11H22N4/c1-3-10(4-2)8-12-7-5-6-11-13-9-14-15-11/h9-10,12H,3-8H2,1-2H3,(H,13,14,15). The van der Waals surface area contributed by atoms with Crippen molar-refractivity contribution in [2.45, 2.75) is 39.5 Å². The van der Waals surface area contributed by atoms with Crippen molar-refractivity contribution in [3.8, 4) is 0 Å². The molecule has 1 aromatic rings. The molecule has 0 atom stereocenters. The van der Waals surface area contributed by atoms with Crippen LogP contribution in [0.25, 0.3) is 0 Å². The molecule has 4 heteroatoms. The van der Waals surface area contributed by atoms with Crippen molar-refractivity contribution < 1.29 is 0 Å². The zero-order valence-corrected chi connectivity index (χ0v) is 9.79. The number of hydrogen-bond donors (Lipinski definition) is 2. The lowest BCUT2D eigenvalue weighted by Crippen LogP contribution is -2.23. The lowest BCUT2D eigenvalue weighted by atomic mass is 10.0. The minimum atomic E-state index is 0.829. The first-order valence-corrected chi connectivity index (χ1v) is 5.91. The van der Waals surface area contributed by atoms with E-state index in [-0.39, 0.29) is 0 Å². The third-order valence-electron chi connectivity index (χ3n) is 2.82. The Labute approximate surface area is 91.9 Å². The minimum absolute atomic E-state index is 0.829. The van der Waals surface area contributed by atoms with Gasteiger partial charge in [-0.05, 0) is 25.4 Å². The molecule has 0 spiro atoms. The second-order valence-corrected chi connectivity index (χ2v) is 3.92. The van der Waals surface area contributed by atoms with Gasteiger partial charge in [0.25, 0.3) is 0 Å². The van der Waals surface area contributed by atoms with Crippen molar-refractivity contribution in [3.63, 3.8) is 0 Å². The molecule has 0 bridgehead atoms. The van der Waals surface area contributed by atoms with Gasteiger partial charge in [-0.3, -0.25) is 5.10 Å². The number of nitrogens with one attached hydrogen (secondary N) is 2. The molecule has 0 aromatic carbocycles. The largest absolute Gasteiger partial charge is 0.316 e. The zero-order chi connectivity index (χ0) is 10.9. The van der Waals surface area contributed by atoms with E-state index in [1.165, 1.54) is 12.8 Å². The maximum atomic E-state index is 4.09. The Kier molecular flexibility index (Phi) is 6.00. The highest BCUT2D eigenvalue weighted by Gasteiger charge is 2.01. The fraction of sp³-hybridized carbons (Fsp3) is 0.818. The van der Waals surface area contributed by atoms with Gasteiger partial charge in [0, 0.05) is 6.42 Å². The second kappa shape index (κ2) is 7.40. The van der Waals surface area contributed by atoms with E-state index in [0.29, 0.717) is 0 Å². The Morgan fingerprint density at radius 1 is 1.40 bits per heavy atom. The normalized spacial score (nSPS) is 11.1. The summed E-state index contributed by atoms with van der Waals surface area (Å²) in [6.07, 6.45) is 6.20. The van der Waals surface area contributed by atoms with Gasteiger partial charge in [-0.15, -0.1) is 0 Å². The average Bonchev–Trinajstić information content (AvgIpc) is 2.76. The predicted molar refractivity (Wildman–Crippen MR) is 61.6 cm³/mol. The average molecular weight is 210 g/mol. The molecule has 2 N–H and O–H groups in total. The van der Waals surface area contributed by atoms with Crippen LogP contribution in [-0.4, -0.2) is 28.3 Å². The van der Waals surface area contributed by atoms with Crippen LogP contribution in [0.1, 0.15) is 38.9 Å². The molecule has 0 radical (unpaired) electrons. The maximum absolute atomic E-state index is 4.09. The molecular formula is C11H22N4. The SMILES string of the molecule is CCC(CC)CNCCCc1ncn[nH]1. The van der Waals surface area contributed by atoms with Crippen LogP contribution < -0.4 is 5.32 Å². The number of nitrogens with zero attached hydrogens (tertiary/aromatic N) is 2. The Balaban J connectivity index is 1.97. The monoisotopic (exact) mass is 210 g/mol. The number of aromatic nitrogens is 3. The minimum Gasteiger partial charge on any atom is -0.316 e. The molecule has 0 aliphatic heterocycles. The highest BCUT2D eigenvalue weighted by atomic mass is 15.2. The van der Waals surface area contributed by atoms with Gasteiger partial charge in [-0.2, -0.15) is 5.10 Å². The summed E-state index contributed by atoms with van der Waals surface area (Å²) in [5.41, 5.74) is 0. The summed E-state index contributed by atoms with van der Waals surface area (Å²) >= 11 is 0. The van der Waals surface area contributed by atoms with Crippen molar-refractivity contribution in [3.05, 3.63) is 12.2 Å². The third kappa shape index (κ3) is 4.93. The molecule has 0 fully saturated rings. The van der Waals surface area contributed by atoms with E-state index >= 15 is 0 Å². The maximum Gasteiger partial charge on any atom is 0.137 e. The summed E-state index contributed by atoms with van der Waals surface area (Å²) < 4.78 is 0. The number of aryl methyl sites for hydroxylation is 1. The van der Waals surface area contributed by atoms with Gasteiger partial charge in [-0.25, -0.2) is 4.98 Å². The summed E-state index contributed by atoms with van der Waals surface area (Å²) in [6, 6.07) is 0. The Morgan fingerprint density at radius 3 is 2.80 bits per heavy atom. The third-order valence-corrected chi connectivity index (χ3v) is 2.82. The molecule has 0 amide bonds. The van der Waals surface area contributed by atoms with E-state index in [4.69, 9.17) is 0 Å². The van der Waals surface area contributed by atoms with E-state index in [0.717, 1.165) is 37.7 Å². The van der Waals surface area contributed by atoms with Crippen LogP contribution in [0.5, 0.6) is 0 Å². The molecular weight excluding hydrogens is 188 g/mol. The van der Waals surface area contributed by atoms with Crippen LogP contribution in [0.3, 0.4) is 0 Å². The number of hydrogen-bond acceptors (Lipinski definition) is 3. The van der Waals surface area contributed by atoms with E-state index in [1.54, 1.807) is 6.33 Å². The van der Waals surface area contributed by atoms with E-state index in [9.17, 15) is 0 Å². The predicted octanol–water partition coefficient (Wildman–Crippen LogP) is 1.76. The Hall–Kier alpha value is -0.900. The smallest absolute Gasteiger partial charge is 0.137 e. The van der Waals surface area contributed by atoms with Crippen LogP contribution in [0.15, 0.2) is 6.33 Å². The topological polar surface area (TPSA) is 53.6 Å². The summed E-state index contributed by atoms with van der Waals surface area (Å²) in [7, 11) is 0. The van der Waals surface area contributed by atoms with Crippen molar-refractivity contribution in [1.82, 2.24) is 20.5 Å². The van der Waals surface area contributed by atoms with Crippen LogP contribution >= 0.6 is 0 Å². The van der Waals surface area contributed by atoms with Crippen LogP contribution in [0, 0.1) is 5.92 Å². The zero-order valence-electron chi connectivity index (χ0n) is 9.79. The Bertz CT molecular complexity index is 229. The molecule has 15 heavy (non-hydrogen) atoms. The molecule has 1 rings (SSSR count).